The van der Waals surface area contributed by atoms with E-state index in [2.05, 4.69) is 6.92 Å². The highest BCUT2D eigenvalue weighted by atomic mass is 31.2. The third-order valence-electron chi connectivity index (χ3n) is 6.10. The van der Waals surface area contributed by atoms with Crippen LogP contribution in [0, 0.1) is 0 Å². The number of nitrogens with zero attached hydrogens (tertiary/aromatic N) is 1. The van der Waals surface area contributed by atoms with Crippen molar-refractivity contribution in [1.29, 1.82) is 0 Å². The first-order chi connectivity index (χ1) is 17.9. The predicted molar refractivity (Wildman–Crippen MR) is 152 cm³/mol. The average molecular weight is 542 g/mol. The normalized spacial score (nSPS) is 13.0. The number of hydrogen-bond donors (Lipinski definition) is 1. The van der Waals surface area contributed by atoms with Gasteiger partial charge in [0.15, 0.2) is 0 Å². The average Bonchev–Trinajstić information content (AvgIpc) is 2.86. The zero-order chi connectivity index (χ0) is 27.1. The van der Waals surface area contributed by atoms with Crippen molar-refractivity contribution in [2.75, 3.05) is 40.5 Å². The Balaban J connectivity index is 2.19. The quantitative estimate of drug-likeness (QED) is 0.0853. The van der Waals surface area contributed by atoms with Crippen molar-refractivity contribution in [2.24, 2.45) is 0 Å². The third kappa shape index (κ3) is 20.4. The minimum Gasteiger partial charge on any atom is -0.494 e. The molecular weight excluding hydrogens is 489 g/mol. The molecule has 37 heavy (non-hydrogen) atoms. The first-order valence-corrected chi connectivity index (χ1v) is 15.3. The van der Waals surface area contributed by atoms with E-state index in [1.165, 1.54) is 77.6 Å². The van der Waals surface area contributed by atoms with Gasteiger partial charge in [0.05, 0.1) is 19.8 Å². The summed E-state index contributed by atoms with van der Waals surface area (Å²) in [6, 6.07) is 7.85. The van der Waals surface area contributed by atoms with E-state index < -0.39 is 14.7 Å². The van der Waals surface area contributed by atoms with E-state index in [0.29, 0.717) is 19.6 Å². The van der Waals surface area contributed by atoms with Gasteiger partial charge in [0.1, 0.15) is 11.9 Å². The maximum atomic E-state index is 11.5. The standard InChI is InChI=1S/C29H52NO6P/c1-5-6-7-8-9-10-11-12-13-14-15-16-22-33-28-19-17-27(18-20-28)24-29(36-26(2)31)25-35-37(32)34-23-21-30(3)4/h17-20,29,32H,5-16,21-25H2,1-4H3. The van der Waals surface area contributed by atoms with Crippen LogP contribution in [0.5, 0.6) is 5.75 Å². The molecule has 0 heterocycles. The molecule has 2 atom stereocenters. The molecule has 2 unspecified atom stereocenters. The molecule has 1 aromatic carbocycles. The van der Waals surface area contributed by atoms with Crippen molar-refractivity contribution in [1.82, 2.24) is 4.90 Å². The van der Waals surface area contributed by atoms with Crippen molar-refractivity contribution >= 4 is 14.6 Å². The molecule has 0 amide bonds. The first-order valence-electron chi connectivity index (χ1n) is 14.2. The van der Waals surface area contributed by atoms with Crippen LogP contribution in [0.4, 0.5) is 0 Å². The maximum absolute atomic E-state index is 11.5. The molecule has 0 aliphatic rings. The van der Waals surface area contributed by atoms with Crippen molar-refractivity contribution in [3.05, 3.63) is 29.8 Å². The molecule has 214 valence electrons. The summed E-state index contributed by atoms with van der Waals surface area (Å²) in [5, 5.41) is 0. The van der Waals surface area contributed by atoms with Crippen LogP contribution in [0.1, 0.15) is 96.5 Å². The maximum Gasteiger partial charge on any atom is 0.330 e. The van der Waals surface area contributed by atoms with Gasteiger partial charge in [-0.05, 0) is 38.2 Å². The van der Waals surface area contributed by atoms with E-state index in [1.807, 2.05) is 43.3 Å². The molecule has 0 bridgehead atoms. The molecule has 1 N–H and O–H groups in total. The summed E-state index contributed by atoms with van der Waals surface area (Å²) >= 11 is 0. The van der Waals surface area contributed by atoms with Gasteiger partial charge in [-0.3, -0.25) is 4.79 Å². The summed E-state index contributed by atoms with van der Waals surface area (Å²) in [5.74, 6) is 0.465. The summed E-state index contributed by atoms with van der Waals surface area (Å²) in [5.41, 5.74) is 1.00. The van der Waals surface area contributed by atoms with Crippen LogP contribution in [0.25, 0.3) is 0 Å². The summed E-state index contributed by atoms with van der Waals surface area (Å²) < 4.78 is 21.9. The van der Waals surface area contributed by atoms with E-state index in [9.17, 15) is 9.69 Å². The van der Waals surface area contributed by atoms with Crippen LogP contribution < -0.4 is 4.74 Å². The number of rotatable bonds is 24. The number of hydrogen-bond acceptors (Lipinski definition) is 7. The minimum absolute atomic E-state index is 0.0704. The molecule has 0 aliphatic heterocycles. The van der Waals surface area contributed by atoms with Crippen LogP contribution >= 0.6 is 8.60 Å². The molecular formula is C29H52NO6P. The van der Waals surface area contributed by atoms with Crippen molar-refractivity contribution in [3.8, 4) is 5.75 Å². The Labute approximate surface area is 227 Å². The molecule has 0 aliphatic carbocycles. The molecule has 1 aromatic rings. The van der Waals surface area contributed by atoms with Gasteiger partial charge in [-0.15, -0.1) is 0 Å². The Morgan fingerprint density at radius 2 is 1.43 bits per heavy atom. The van der Waals surface area contributed by atoms with E-state index in [-0.39, 0.29) is 12.6 Å². The third-order valence-corrected chi connectivity index (χ3v) is 6.87. The Morgan fingerprint density at radius 1 is 0.865 bits per heavy atom. The van der Waals surface area contributed by atoms with Crippen LogP contribution in [-0.2, 0) is 25.0 Å². The first kappa shape index (κ1) is 33.8. The van der Waals surface area contributed by atoms with E-state index >= 15 is 0 Å². The molecule has 8 heteroatoms. The molecule has 0 radical (unpaired) electrons. The largest absolute Gasteiger partial charge is 0.494 e. The highest BCUT2D eigenvalue weighted by Gasteiger charge is 2.17. The Bertz CT molecular complexity index is 673. The summed E-state index contributed by atoms with van der Waals surface area (Å²) in [7, 11) is 1.85. The lowest BCUT2D eigenvalue weighted by molar-refractivity contribution is -0.147. The molecule has 1 rings (SSSR count). The highest BCUT2D eigenvalue weighted by Crippen LogP contribution is 2.33. The lowest BCUT2D eigenvalue weighted by atomic mass is 10.1. The van der Waals surface area contributed by atoms with Crippen LogP contribution in [-0.4, -0.2) is 62.3 Å². The lowest BCUT2D eigenvalue weighted by Crippen LogP contribution is -2.24. The monoisotopic (exact) mass is 541 g/mol. The number of unbranched alkanes of at least 4 members (excludes halogenated alkanes) is 11. The molecule has 0 saturated carbocycles. The van der Waals surface area contributed by atoms with Crippen LogP contribution in [0.3, 0.4) is 0 Å². The summed E-state index contributed by atoms with van der Waals surface area (Å²) in [6.45, 7) is 5.49. The fourth-order valence-corrected chi connectivity index (χ4v) is 4.58. The Hall–Kier alpha value is -1.24. The fraction of sp³-hybridized carbons (Fsp3) is 0.759. The second kappa shape index (κ2) is 22.7. The van der Waals surface area contributed by atoms with Gasteiger partial charge in [0.2, 0.25) is 0 Å². The Morgan fingerprint density at radius 3 is 1.97 bits per heavy atom. The Kier molecular flexibility index (Phi) is 20.7. The second-order valence-corrected chi connectivity index (χ2v) is 11.0. The summed E-state index contributed by atoms with van der Waals surface area (Å²) in [4.78, 5) is 23.4. The van der Waals surface area contributed by atoms with E-state index in [0.717, 1.165) is 24.3 Å². The van der Waals surface area contributed by atoms with Gasteiger partial charge in [-0.1, -0.05) is 89.7 Å². The molecule has 0 spiro atoms. The molecule has 0 aromatic heterocycles. The molecule has 7 nitrogen and oxygen atoms in total. The fourth-order valence-electron chi connectivity index (χ4n) is 3.97. The van der Waals surface area contributed by atoms with Crippen molar-refractivity contribution in [2.45, 2.75) is 103 Å². The number of ether oxygens (including phenoxy) is 2. The van der Waals surface area contributed by atoms with Gasteiger partial charge in [-0.2, -0.15) is 0 Å². The minimum atomic E-state index is -2.01. The smallest absolute Gasteiger partial charge is 0.330 e. The lowest BCUT2D eigenvalue weighted by Gasteiger charge is -2.19. The number of likely N-dealkylation sites (N-methyl/N-ethyl adjacent to an activating group) is 1. The number of esters is 1. The topological polar surface area (TPSA) is 77.5 Å². The van der Waals surface area contributed by atoms with Crippen LogP contribution in [0.2, 0.25) is 0 Å². The van der Waals surface area contributed by atoms with Gasteiger partial charge in [0.25, 0.3) is 0 Å². The highest BCUT2D eigenvalue weighted by molar-refractivity contribution is 7.40. The van der Waals surface area contributed by atoms with Gasteiger partial charge < -0.3 is 28.3 Å². The van der Waals surface area contributed by atoms with Crippen LogP contribution in [0.15, 0.2) is 24.3 Å². The van der Waals surface area contributed by atoms with E-state index in [4.69, 9.17) is 18.5 Å². The number of benzene rings is 1. The summed E-state index contributed by atoms with van der Waals surface area (Å²) in [6.07, 6.45) is 16.0. The zero-order valence-electron chi connectivity index (χ0n) is 23.8. The second-order valence-electron chi connectivity index (χ2n) is 9.99. The van der Waals surface area contributed by atoms with Crippen molar-refractivity contribution in [3.63, 3.8) is 0 Å². The molecule has 0 fully saturated rings. The number of carbonyl (C=O) groups excluding carboxylic acids is 1. The zero-order valence-corrected chi connectivity index (χ0v) is 24.7. The van der Waals surface area contributed by atoms with Gasteiger partial charge >= 0.3 is 14.6 Å². The van der Waals surface area contributed by atoms with Gasteiger partial charge in [-0.25, -0.2) is 0 Å². The molecule has 0 saturated heterocycles. The van der Waals surface area contributed by atoms with E-state index in [1.54, 1.807) is 0 Å². The van der Waals surface area contributed by atoms with Gasteiger partial charge in [0, 0.05) is 19.9 Å². The van der Waals surface area contributed by atoms with Crippen molar-refractivity contribution < 1.29 is 28.2 Å². The SMILES string of the molecule is CCCCCCCCCCCCCCOc1ccc(CC(COP(O)OCCN(C)C)OC(C)=O)cc1. The predicted octanol–water partition coefficient (Wildman–Crippen LogP) is 7.05. The number of carbonyl (C=O) groups is 1.